The molecule has 0 spiro atoms. The fourth-order valence-corrected chi connectivity index (χ4v) is 2.42. The summed E-state index contributed by atoms with van der Waals surface area (Å²) in [5, 5.41) is 19.4. The summed E-state index contributed by atoms with van der Waals surface area (Å²) in [6, 6.07) is 14.0. The van der Waals surface area contributed by atoms with Gasteiger partial charge in [-0.3, -0.25) is 0 Å². The molecule has 104 valence electrons. The largest absolute Gasteiger partial charge is 0.508 e. The Kier molecular flexibility index (Phi) is 3.12. The van der Waals surface area contributed by atoms with E-state index in [0.717, 1.165) is 5.56 Å². The minimum Gasteiger partial charge on any atom is -0.508 e. The zero-order valence-electron chi connectivity index (χ0n) is 11.1. The molecule has 1 heterocycles. The van der Waals surface area contributed by atoms with Crippen molar-refractivity contribution in [3.05, 3.63) is 59.7 Å². The molecule has 0 aromatic heterocycles. The van der Waals surface area contributed by atoms with E-state index in [0.29, 0.717) is 12.2 Å². The smallest absolute Gasteiger partial charge is 0.192 e. The molecule has 0 saturated carbocycles. The van der Waals surface area contributed by atoms with E-state index in [9.17, 15) is 10.2 Å². The van der Waals surface area contributed by atoms with E-state index in [1.807, 2.05) is 37.3 Å². The number of aromatic hydroxyl groups is 2. The molecule has 2 aromatic rings. The van der Waals surface area contributed by atoms with Gasteiger partial charge in [0.25, 0.3) is 0 Å². The lowest BCUT2D eigenvalue weighted by atomic mass is 10.1. The lowest BCUT2D eigenvalue weighted by Crippen LogP contribution is -2.22. The predicted molar refractivity (Wildman–Crippen MR) is 73.3 cm³/mol. The molecule has 4 nitrogen and oxygen atoms in total. The van der Waals surface area contributed by atoms with Crippen LogP contribution in [0.4, 0.5) is 0 Å². The zero-order chi connectivity index (χ0) is 14.2. The van der Waals surface area contributed by atoms with Crippen LogP contribution >= 0.6 is 0 Å². The summed E-state index contributed by atoms with van der Waals surface area (Å²) in [5.41, 5.74) is 1.45. The molecule has 1 saturated heterocycles. The van der Waals surface area contributed by atoms with E-state index in [4.69, 9.17) is 9.47 Å². The molecule has 0 radical (unpaired) electrons. The van der Waals surface area contributed by atoms with Crippen LogP contribution in [-0.2, 0) is 15.3 Å². The number of benzene rings is 2. The van der Waals surface area contributed by atoms with Crippen LogP contribution in [0.15, 0.2) is 48.5 Å². The maximum Gasteiger partial charge on any atom is 0.192 e. The summed E-state index contributed by atoms with van der Waals surface area (Å²) in [7, 11) is 0. The van der Waals surface area contributed by atoms with E-state index < -0.39 is 11.9 Å². The number of rotatable bonds is 2. The first-order valence-corrected chi connectivity index (χ1v) is 6.48. The van der Waals surface area contributed by atoms with Crippen molar-refractivity contribution in [3.63, 3.8) is 0 Å². The highest BCUT2D eigenvalue weighted by molar-refractivity contribution is 5.40. The Balaban J connectivity index is 1.88. The molecule has 1 fully saturated rings. The summed E-state index contributed by atoms with van der Waals surface area (Å²) in [5.74, 6) is -0.660. The second kappa shape index (κ2) is 4.81. The van der Waals surface area contributed by atoms with Crippen molar-refractivity contribution < 1.29 is 19.7 Å². The molecule has 3 rings (SSSR count). The highest BCUT2D eigenvalue weighted by Gasteiger charge is 2.40. The van der Waals surface area contributed by atoms with Gasteiger partial charge >= 0.3 is 0 Å². The summed E-state index contributed by atoms with van der Waals surface area (Å²) in [6.45, 7) is 2.17. The Morgan fingerprint density at radius 2 is 1.85 bits per heavy atom. The normalized spacial score (nSPS) is 25.8. The monoisotopic (exact) mass is 272 g/mol. The molecule has 1 aliphatic rings. The van der Waals surface area contributed by atoms with Gasteiger partial charge in [-0.15, -0.1) is 0 Å². The van der Waals surface area contributed by atoms with Gasteiger partial charge in [-0.05, 0) is 25.1 Å². The van der Waals surface area contributed by atoms with Gasteiger partial charge in [-0.25, -0.2) is 0 Å². The highest BCUT2D eigenvalue weighted by atomic mass is 16.7. The maximum atomic E-state index is 9.89. The summed E-state index contributed by atoms with van der Waals surface area (Å²) in [6.07, 6.45) is -0.410. The number of hydrogen-bond donors (Lipinski definition) is 2. The minimum absolute atomic E-state index is 0.0914. The van der Waals surface area contributed by atoms with Crippen molar-refractivity contribution in [2.75, 3.05) is 6.61 Å². The van der Waals surface area contributed by atoms with Crippen LogP contribution < -0.4 is 0 Å². The average Bonchev–Trinajstić information content (AvgIpc) is 2.86. The van der Waals surface area contributed by atoms with Crippen LogP contribution in [0.2, 0.25) is 0 Å². The molecular weight excluding hydrogens is 256 g/mol. The Hall–Kier alpha value is -2.04. The first kappa shape index (κ1) is 13.0. The maximum absolute atomic E-state index is 9.89. The Labute approximate surface area is 117 Å². The van der Waals surface area contributed by atoms with Crippen LogP contribution in [-0.4, -0.2) is 16.8 Å². The van der Waals surface area contributed by atoms with Crippen molar-refractivity contribution in [1.82, 2.24) is 0 Å². The minimum atomic E-state index is -0.843. The van der Waals surface area contributed by atoms with E-state index in [2.05, 4.69) is 0 Å². The highest BCUT2D eigenvalue weighted by Crippen LogP contribution is 2.42. The van der Waals surface area contributed by atoms with Gasteiger partial charge in [0.2, 0.25) is 0 Å². The fourth-order valence-electron chi connectivity index (χ4n) is 2.42. The topological polar surface area (TPSA) is 58.9 Å². The van der Waals surface area contributed by atoms with Crippen LogP contribution in [0, 0.1) is 0 Å². The van der Waals surface area contributed by atoms with Gasteiger partial charge in [-0.1, -0.05) is 30.3 Å². The summed E-state index contributed by atoms with van der Waals surface area (Å²) < 4.78 is 11.7. The van der Waals surface area contributed by atoms with Crippen molar-refractivity contribution in [2.24, 2.45) is 0 Å². The Morgan fingerprint density at radius 3 is 2.60 bits per heavy atom. The number of phenolic OH excluding ortho intramolecular Hbond substituents is 2. The zero-order valence-corrected chi connectivity index (χ0v) is 11.1. The van der Waals surface area contributed by atoms with Gasteiger partial charge < -0.3 is 19.7 Å². The van der Waals surface area contributed by atoms with E-state index in [1.54, 1.807) is 0 Å². The summed E-state index contributed by atoms with van der Waals surface area (Å²) in [4.78, 5) is 0. The van der Waals surface area contributed by atoms with Crippen molar-refractivity contribution in [2.45, 2.75) is 18.8 Å². The molecule has 2 aromatic carbocycles. The van der Waals surface area contributed by atoms with E-state index in [-0.39, 0.29) is 11.5 Å². The molecule has 0 aliphatic carbocycles. The SMILES string of the molecule is C[C@]1(c2ccccc2)OCC(c2cc(O)ccc2O)O1. The first-order valence-electron chi connectivity index (χ1n) is 6.48. The third kappa shape index (κ3) is 2.24. The second-order valence-electron chi connectivity index (χ2n) is 4.97. The molecule has 2 N–H and O–H groups in total. The second-order valence-corrected chi connectivity index (χ2v) is 4.97. The summed E-state index contributed by atoms with van der Waals surface area (Å²) >= 11 is 0. The number of hydrogen-bond acceptors (Lipinski definition) is 4. The van der Waals surface area contributed by atoms with Gasteiger partial charge in [0.15, 0.2) is 5.79 Å². The molecule has 4 heteroatoms. The lowest BCUT2D eigenvalue weighted by Gasteiger charge is -2.24. The average molecular weight is 272 g/mol. The van der Waals surface area contributed by atoms with Crippen LogP contribution in [0.25, 0.3) is 0 Å². The van der Waals surface area contributed by atoms with Gasteiger partial charge in [-0.2, -0.15) is 0 Å². The van der Waals surface area contributed by atoms with Crippen molar-refractivity contribution in [3.8, 4) is 11.5 Å². The molecule has 1 aliphatic heterocycles. The molecule has 0 amide bonds. The van der Waals surface area contributed by atoms with Gasteiger partial charge in [0, 0.05) is 11.1 Å². The molecule has 20 heavy (non-hydrogen) atoms. The predicted octanol–water partition coefficient (Wildman–Crippen LogP) is 3.06. The van der Waals surface area contributed by atoms with Gasteiger partial charge in [0.05, 0.1) is 6.61 Å². The molecule has 0 bridgehead atoms. The Bertz CT molecular complexity index is 611. The fraction of sp³-hybridized carbons (Fsp3) is 0.250. The number of phenols is 2. The molecular formula is C16H16O4. The quantitative estimate of drug-likeness (QED) is 0.825. The first-order chi connectivity index (χ1) is 9.58. The van der Waals surface area contributed by atoms with Crippen LogP contribution in [0.3, 0.4) is 0 Å². The van der Waals surface area contributed by atoms with Crippen molar-refractivity contribution >= 4 is 0 Å². The lowest BCUT2D eigenvalue weighted by molar-refractivity contribution is -0.162. The molecule has 1 unspecified atom stereocenters. The number of ether oxygens (including phenoxy) is 2. The van der Waals surface area contributed by atoms with Crippen LogP contribution in [0.1, 0.15) is 24.2 Å². The van der Waals surface area contributed by atoms with Gasteiger partial charge in [0.1, 0.15) is 17.6 Å². The Morgan fingerprint density at radius 1 is 1.10 bits per heavy atom. The molecule has 2 atom stereocenters. The van der Waals surface area contributed by atoms with E-state index >= 15 is 0 Å². The standard InChI is InChI=1S/C16H16O4/c1-16(11-5-3-2-4-6-11)19-10-15(20-16)13-9-12(17)7-8-14(13)18/h2-9,15,17-18H,10H2,1H3/t15?,16-/m0/s1. The van der Waals surface area contributed by atoms with Crippen LogP contribution in [0.5, 0.6) is 11.5 Å². The third-order valence-corrected chi connectivity index (χ3v) is 3.53. The van der Waals surface area contributed by atoms with Crippen molar-refractivity contribution in [1.29, 1.82) is 0 Å². The third-order valence-electron chi connectivity index (χ3n) is 3.53. The van der Waals surface area contributed by atoms with E-state index in [1.165, 1.54) is 18.2 Å².